The minimum atomic E-state index is -0.178. The summed E-state index contributed by atoms with van der Waals surface area (Å²) >= 11 is 1.64. The Hall–Kier alpha value is -3.59. The Bertz CT molecular complexity index is 1350. The highest BCUT2D eigenvalue weighted by atomic mass is 32.1. The van der Waals surface area contributed by atoms with Gasteiger partial charge in [0.2, 0.25) is 0 Å². The molecule has 0 unspecified atom stereocenters. The number of hydrogen-bond acceptors (Lipinski definition) is 7. The fourth-order valence-corrected chi connectivity index (χ4v) is 6.47. The molecule has 1 saturated heterocycles. The number of rotatable bonds is 7. The Morgan fingerprint density at radius 2 is 1.97 bits per heavy atom. The summed E-state index contributed by atoms with van der Waals surface area (Å²) in [5.74, 6) is 0.788. The highest BCUT2D eigenvalue weighted by molar-refractivity contribution is 7.18. The molecule has 0 radical (unpaired) electrons. The van der Waals surface area contributed by atoms with E-state index in [0.29, 0.717) is 30.9 Å². The molecule has 8 nitrogen and oxygen atoms in total. The summed E-state index contributed by atoms with van der Waals surface area (Å²) in [7, 11) is 1.42. The van der Waals surface area contributed by atoms with E-state index < -0.39 is 0 Å². The van der Waals surface area contributed by atoms with Crippen molar-refractivity contribution in [2.75, 3.05) is 25.9 Å². The Labute approximate surface area is 233 Å². The average molecular weight is 549 g/mol. The van der Waals surface area contributed by atoms with E-state index in [-0.39, 0.29) is 30.1 Å². The molecule has 2 amide bonds. The van der Waals surface area contributed by atoms with Crippen LogP contribution in [-0.4, -0.2) is 48.2 Å². The molecule has 3 aromatic rings. The van der Waals surface area contributed by atoms with Crippen molar-refractivity contribution < 1.29 is 19.1 Å². The van der Waals surface area contributed by atoms with Crippen molar-refractivity contribution in [1.29, 1.82) is 0 Å². The third-order valence-electron chi connectivity index (χ3n) is 7.54. The maximum absolute atomic E-state index is 13.1. The molecule has 1 aliphatic heterocycles. The second-order valence-corrected chi connectivity index (χ2v) is 11.6. The number of nitrogens with zero attached hydrogens (tertiary/aromatic N) is 2. The van der Waals surface area contributed by atoms with Crippen LogP contribution < -0.4 is 15.8 Å². The molecule has 1 aromatic heterocycles. The van der Waals surface area contributed by atoms with Crippen LogP contribution in [0.1, 0.15) is 56.7 Å². The smallest absolute Gasteiger partial charge is 0.317 e. The Morgan fingerprint density at radius 3 is 2.69 bits per heavy atom. The summed E-state index contributed by atoms with van der Waals surface area (Å²) in [5.41, 5.74) is 11.4. The number of nitrogens with one attached hydrogen (secondary N) is 1. The summed E-state index contributed by atoms with van der Waals surface area (Å²) < 4.78 is 10.6. The Kier molecular flexibility index (Phi) is 8.07. The number of thiazole rings is 1. The van der Waals surface area contributed by atoms with Crippen LogP contribution >= 0.6 is 11.3 Å². The first-order valence-corrected chi connectivity index (χ1v) is 14.4. The number of urea groups is 1. The molecule has 2 heterocycles. The van der Waals surface area contributed by atoms with E-state index in [1.807, 2.05) is 43.1 Å². The number of ether oxygens (including phenoxy) is 2. The summed E-state index contributed by atoms with van der Waals surface area (Å²) in [4.78, 5) is 32.3. The molecular weight excluding hydrogens is 512 g/mol. The van der Waals surface area contributed by atoms with Crippen LogP contribution in [0.3, 0.4) is 0 Å². The summed E-state index contributed by atoms with van der Waals surface area (Å²) in [5, 5.41) is 4.17. The molecule has 2 aromatic carbocycles. The van der Waals surface area contributed by atoms with E-state index >= 15 is 0 Å². The number of likely N-dealkylation sites (tertiary alicyclic amines) is 1. The van der Waals surface area contributed by atoms with Gasteiger partial charge in [-0.15, -0.1) is 11.3 Å². The van der Waals surface area contributed by atoms with Gasteiger partial charge in [0.1, 0.15) is 10.8 Å². The summed E-state index contributed by atoms with van der Waals surface area (Å²) in [6, 6.07) is 12.1. The number of methoxy groups -OCH3 is 1. The van der Waals surface area contributed by atoms with Crippen molar-refractivity contribution in [3.63, 3.8) is 0 Å². The number of carbonyl (C=O) groups is 2. The highest BCUT2D eigenvalue weighted by Gasteiger charge is 2.30. The molecule has 0 saturated carbocycles. The van der Waals surface area contributed by atoms with E-state index in [1.54, 1.807) is 11.3 Å². The molecule has 2 aliphatic rings. The van der Waals surface area contributed by atoms with E-state index in [0.717, 1.165) is 41.1 Å². The zero-order valence-corrected chi connectivity index (χ0v) is 23.6. The zero-order chi connectivity index (χ0) is 27.5. The van der Waals surface area contributed by atoms with Gasteiger partial charge in [-0.3, -0.25) is 4.79 Å². The molecule has 5 rings (SSSR count). The third-order valence-corrected chi connectivity index (χ3v) is 8.62. The van der Waals surface area contributed by atoms with Gasteiger partial charge in [-0.25, -0.2) is 9.78 Å². The molecule has 1 fully saturated rings. The molecule has 206 valence electrons. The lowest BCUT2D eigenvalue weighted by Gasteiger charge is -2.32. The number of esters is 1. The lowest BCUT2D eigenvalue weighted by atomic mass is 9.94. The van der Waals surface area contributed by atoms with Gasteiger partial charge in [-0.2, -0.15) is 0 Å². The maximum Gasteiger partial charge on any atom is 0.317 e. The number of anilines is 1. The van der Waals surface area contributed by atoms with E-state index in [1.165, 1.54) is 23.8 Å². The lowest BCUT2D eigenvalue weighted by Crippen LogP contribution is -2.45. The van der Waals surface area contributed by atoms with Crippen molar-refractivity contribution >= 4 is 29.0 Å². The fourth-order valence-electron chi connectivity index (χ4n) is 5.51. The van der Waals surface area contributed by atoms with E-state index in [2.05, 4.69) is 23.5 Å². The van der Waals surface area contributed by atoms with E-state index in [9.17, 15) is 9.59 Å². The first-order valence-electron chi connectivity index (χ1n) is 13.6. The standard InChI is InChI=1S/C30H36N4O4S/c1-18(2)38-26-10-7-20(16-24(26)31)29-32-17-27(39-29)23-6-4-5-22-21(23)8-9-25(22)33-30(36)34-13-11-19(12-14-34)15-28(35)37-3/h4-7,10,16-19,25H,8-9,11-15,31H2,1-3H3,(H,33,36)/t25-/m0/s1. The lowest BCUT2D eigenvalue weighted by molar-refractivity contribution is -0.142. The first kappa shape index (κ1) is 27.0. The SMILES string of the molecule is COC(=O)CC1CCN(C(=O)N[C@H]2CCc3c(-c4cnc(-c5ccc(OC(C)C)c(N)c5)s4)cccc32)CC1. The normalized spacial score (nSPS) is 17.2. The van der Waals surface area contributed by atoms with Gasteiger partial charge >= 0.3 is 12.0 Å². The Balaban J connectivity index is 1.26. The number of benzene rings is 2. The number of hydrogen-bond donors (Lipinski definition) is 2. The quantitative estimate of drug-likeness (QED) is 0.285. The number of carbonyl (C=O) groups excluding carboxylic acids is 2. The number of nitrogens with two attached hydrogens (primary N) is 1. The predicted octanol–water partition coefficient (Wildman–Crippen LogP) is 5.82. The summed E-state index contributed by atoms with van der Waals surface area (Å²) in [6.45, 7) is 5.27. The second kappa shape index (κ2) is 11.7. The molecule has 3 N–H and O–H groups in total. The highest BCUT2D eigenvalue weighted by Crippen LogP contribution is 2.41. The van der Waals surface area contributed by atoms with Crippen LogP contribution in [0.15, 0.2) is 42.6 Å². The second-order valence-electron chi connectivity index (χ2n) is 10.6. The van der Waals surface area contributed by atoms with Gasteiger partial charge in [0.25, 0.3) is 0 Å². The molecule has 39 heavy (non-hydrogen) atoms. The molecule has 9 heteroatoms. The number of aromatic nitrogens is 1. The van der Waals surface area contributed by atoms with Crippen LogP contribution in [0, 0.1) is 5.92 Å². The number of fused-ring (bicyclic) bond motifs is 1. The number of nitrogen functional groups attached to an aromatic ring is 1. The van der Waals surface area contributed by atoms with Gasteiger partial charge in [0, 0.05) is 31.3 Å². The molecule has 0 bridgehead atoms. The minimum absolute atomic E-state index is 0.0130. The average Bonchev–Trinajstić information content (AvgIpc) is 3.58. The topological polar surface area (TPSA) is 107 Å². The molecular formula is C30H36N4O4S. The third kappa shape index (κ3) is 6.03. The van der Waals surface area contributed by atoms with Gasteiger partial charge < -0.3 is 25.4 Å². The fraction of sp³-hybridized carbons (Fsp3) is 0.433. The molecule has 1 atom stereocenters. The summed E-state index contributed by atoms with van der Waals surface area (Å²) in [6.07, 6.45) is 5.82. The largest absolute Gasteiger partial charge is 0.489 e. The maximum atomic E-state index is 13.1. The number of piperidine rings is 1. The van der Waals surface area contributed by atoms with Crippen LogP contribution in [-0.2, 0) is 16.0 Å². The zero-order valence-electron chi connectivity index (χ0n) is 22.7. The van der Waals surface area contributed by atoms with Crippen LogP contribution in [0.2, 0.25) is 0 Å². The Morgan fingerprint density at radius 1 is 1.18 bits per heavy atom. The molecule has 0 spiro atoms. The first-order chi connectivity index (χ1) is 18.8. The van der Waals surface area contributed by atoms with Gasteiger partial charge in [0.15, 0.2) is 0 Å². The minimum Gasteiger partial charge on any atom is -0.489 e. The van der Waals surface area contributed by atoms with Gasteiger partial charge in [-0.1, -0.05) is 18.2 Å². The van der Waals surface area contributed by atoms with Crippen molar-refractivity contribution in [2.24, 2.45) is 5.92 Å². The van der Waals surface area contributed by atoms with Crippen molar-refractivity contribution in [2.45, 2.75) is 58.1 Å². The number of amides is 2. The van der Waals surface area contributed by atoms with Crippen LogP contribution in [0.4, 0.5) is 10.5 Å². The van der Waals surface area contributed by atoms with Gasteiger partial charge in [-0.05, 0) is 80.3 Å². The van der Waals surface area contributed by atoms with Crippen molar-refractivity contribution in [1.82, 2.24) is 15.2 Å². The van der Waals surface area contributed by atoms with Gasteiger partial charge in [0.05, 0.1) is 29.8 Å². The monoisotopic (exact) mass is 548 g/mol. The molecule has 1 aliphatic carbocycles. The van der Waals surface area contributed by atoms with Crippen LogP contribution in [0.25, 0.3) is 21.0 Å². The van der Waals surface area contributed by atoms with Crippen LogP contribution in [0.5, 0.6) is 5.75 Å². The van der Waals surface area contributed by atoms with E-state index in [4.69, 9.17) is 20.2 Å². The van der Waals surface area contributed by atoms with Crippen molar-refractivity contribution in [3.8, 4) is 26.8 Å². The predicted molar refractivity (Wildman–Crippen MR) is 154 cm³/mol. The van der Waals surface area contributed by atoms with Crippen molar-refractivity contribution in [3.05, 3.63) is 53.7 Å².